The van der Waals surface area contributed by atoms with Crippen molar-refractivity contribution in [2.45, 2.75) is 25.1 Å². The Morgan fingerprint density at radius 3 is 2.48 bits per heavy atom. The summed E-state index contributed by atoms with van der Waals surface area (Å²) in [4.78, 5) is 17.7. The van der Waals surface area contributed by atoms with Gasteiger partial charge in [-0.25, -0.2) is 13.8 Å². The summed E-state index contributed by atoms with van der Waals surface area (Å²) >= 11 is 0. The van der Waals surface area contributed by atoms with Gasteiger partial charge in [0.2, 0.25) is 0 Å². The third-order valence-electron chi connectivity index (χ3n) is 4.51. The van der Waals surface area contributed by atoms with E-state index in [1.807, 2.05) is 4.90 Å². The average Bonchev–Trinajstić information content (AvgIpc) is 2.67. The Kier molecular flexibility index (Phi) is 6.19. The van der Waals surface area contributed by atoms with E-state index in [0.29, 0.717) is 37.8 Å². The van der Waals surface area contributed by atoms with Crippen LogP contribution in [0.5, 0.6) is 5.75 Å². The lowest BCUT2D eigenvalue weighted by Crippen LogP contribution is -2.46. The van der Waals surface area contributed by atoms with E-state index in [-0.39, 0.29) is 11.8 Å². The van der Waals surface area contributed by atoms with E-state index in [0.717, 1.165) is 24.4 Å². The van der Waals surface area contributed by atoms with Crippen molar-refractivity contribution >= 4 is 11.7 Å². The molecule has 3 rings (SSSR count). The maximum atomic E-state index is 13.5. The van der Waals surface area contributed by atoms with E-state index in [4.69, 9.17) is 4.74 Å². The van der Waals surface area contributed by atoms with Gasteiger partial charge in [0.15, 0.2) is 18.2 Å². The average molecular weight is 415 g/mol. The number of anilines is 1. The lowest BCUT2D eigenvalue weighted by molar-refractivity contribution is -0.137. The third kappa shape index (κ3) is 5.55. The summed E-state index contributed by atoms with van der Waals surface area (Å²) in [6.45, 7) is 0.608. The fourth-order valence-electron chi connectivity index (χ4n) is 3.00. The second-order valence-electron chi connectivity index (χ2n) is 6.60. The van der Waals surface area contributed by atoms with Crippen LogP contribution < -0.4 is 15.0 Å². The summed E-state index contributed by atoms with van der Waals surface area (Å²) < 4.78 is 69.2. The van der Waals surface area contributed by atoms with E-state index in [9.17, 15) is 26.7 Å². The number of halogens is 5. The number of amides is 1. The van der Waals surface area contributed by atoms with E-state index in [1.165, 1.54) is 6.07 Å². The molecule has 10 heteroatoms. The van der Waals surface area contributed by atoms with E-state index in [2.05, 4.69) is 10.3 Å². The van der Waals surface area contributed by atoms with Crippen LogP contribution in [0.1, 0.15) is 18.4 Å². The van der Waals surface area contributed by atoms with E-state index in [1.54, 1.807) is 0 Å². The standard InChI is InChI=1S/C19H18F5N3O2/c20-13-2-3-16(15(21)9-13)29-11-18(28)26-14-5-7-27(8-6-14)17-4-1-12(10-25-17)19(22,23)24/h1-4,9-10,14H,5-8,11H2,(H,26,28). The van der Waals surface area contributed by atoms with Gasteiger partial charge in [-0.05, 0) is 37.1 Å². The van der Waals surface area contributed by atoms with Gasteiger partial charge < -0.3 is 15.0 Å². The number of hydrogen-bond donors (Lipinski definition) is 1. The Morgan fingerprint density at radius 2 is 1.90 bits per heavy atom. The van der Waals surface area contributed by atoms with Crippen molar-refractivity contribution in [1.82, 2.24) is 10.3 Å². The third-order valence-corrected chi connectivity index (χ3v) is 4.51. The van der Waals surface area contributed by atoms with Gasteiger partial charge >= 0.3 is 6.18 Å². The Morgan fingerprint density at radius 1 is 1.17 bits per heavy atom. The number of carbonyl (C=O) groups is 1. The number of alkyl halides is 3. The number of nitrogens with zero attached hydrogens (tertiary/aromatic N) is 2. The highest BCUT2D eigenvalue weighted by Crippen LogP contribution is 2.29. The first kappa shape index (κ1) is 20.8. The number of ether oxygens (including phenoxy) is 1. The van der Waals surface area contributed by atoms with Gasteiger partial charge in [-0.2, -0.15) is 13.2 Å². The number of rotatable bonds is 5. The molecule has 2 heterocycles. The Labute approximate surface area is 163 Å². The lowest BCUT2D eigenvalue weighted by atomic mass is 10.0. The summed E-state index contributed by atoms with van der Waals surface area (Å²) in [7, 11) is 0. The Bertz CT molecular complexity index is 850. The first-order valence-corrected chi connectivity index (χ1v) is 8.88. The lowest BCUT2D eigenvalue weighted by Gasteiger charge is -2.33. The van der Waals surface area contributed by atoms with Crippen LogP contribution in [0, 0.1) is 11.6 Å². The van der Waals surface area contributed by atoms with Crippen molar-refractivity contribution in [1.29, 1.82) is 0 Å². The predicted octanol–water partition coefficient (Wildman–Crippen LogP) is 3.54. The van der Waals surface area contributed by atoms with Crippen LogP contribution in [0.2, 0.25) is 0 Å². The van der Waals surface area contributed by atoms with Gasteiger partial charge in [-0.15, -0.1) is 0 Å². The minimum absolute atomic E-state index is 0.144. The van der Waals surface area contributed by atoms with Crippen LogP contribution in [0.15, 0.2) is 36.5 Å². The SMILES string of the molecule is O=C(COc1ccc(F)cc1F)NC1CCN(c2ccc(C(F)(F)F)cn2)CC1. The first-order valence-electron chi connectivity index (χ1n) is 8.88. The summed E-state index contributed by atoms with van der Waals surface area (Å²) in [6.07, 6.45) is -2.49. The molecule has 1 N–H and O–H groups in total. The Balaban J connectivity index is 1.45. The molecule has 1 aromatic carbocycles. The summed E-state index contributed by atoms with van der Waals surface area (Å²) in [5, 5.41) is 2.76. The summed E-state index contributed by atoms with van der Waals surface area (Å²) in [5.74, 6) is -1.86. The molecule has 0 atom stereocenters. The number of piperidine rings is 1. The highest BCUT2D eigenvalue weighted by atomic mass is 19.4. The zero-order chi connectivity index (χ0) is 21.0. The molecule has 1 amide bonds. The minimum atomic E-state index is -4.43. The molecule has 29 heavy (non-hydrogen) atoms. The van der Waals surface area contributed by atoms with Gasteiger partial charge in [-0.1, -0.05) is 0 Å². The van der Waals surface area contributed by atoms with Crippen LogP contribution in [0.4, 0.5) is 27.8 Å². The van der Waals surface area contributed by atoms with Gasteiger partial charge in [0.1, 0.15) is 11.6 Å². The quantitative estimate of drug-likeness (QED) is 0.760. The van der Waals surface area contributed by atoms with Crippen molar-refractivity contribution in [2.75, 3.05) is 24.6 Å². The molecule has 0 bridgehead atoms. The molecule has 1 aliphatic heterocycles. The van der Waals surface area contributed by atoms with Crippen molar-refractivity contribution < 1.29 is 31.5 Å². The maximum Gasteiger partial charge on any atom is 0.417 e. The second-order valence-corrected chi connectivity index (χ2v) is 6.60. The maximum absolute atomic E-state index is 13.5. The molecule has 1 fully saturated rings. The van der Waals surface area contributed by atoms with Gasteiger partial charge in [0, 0.05) is 31.4 Å². The predicted molar refractivity (Wildman–Crippen MR) is 94.5 cm³/mol. The van der Waals surface area contributed by atoms with Crippen LogP contribution in [-0.4, -0.2) is 36.6 Å². The van der Waals surface area contributed by atoms with Gasteiger partial charge in [-0.3, -0.25) is 4.79 Å². The van der Waals surface area contributed by atoms with Crippen molar-refractivity contribution in [3.05, 3.63) is 53.7 Å². The number of pyridine rings is 1. The smallest absolute Gasteiger partial charge is 0.417 e. The van der Waals surface area contributed by atoms with E-state index >= 15 is 0 Å². The van der Waals surface area contributed by atoms with Crippen molar-refractivity contribution in [3.8, 4) is 5.75 Å². The normalized spacial score (nSPS) is 15.3. The molecule has 0 radical (unpaired) electrons. The molecule has 1 saturated heterocycles. The fraction of sp³-hybridized carbons (Fsp3) is 0.368. The van der Waals surface area contributed by atoms with Crippen LogP contribution in [-0.2, 0) is 11.0 Å². The molecular formula is C19H18F5N3O2. The molecule has 5 nitrogen and oxygen atoms in total. The number of benzene rings is 1. The summed E-state index contributed by atoms with van der Waals surface area (Å²) in [5.41, 5.74) is -0.805. The van der Waals surface area contributed by atoms with Gasteiger partial charge in [0.05, 0.1) is 5.56 Å². The summed E-state index contributed by atoms with van der Waals surface area (Å²) in [6, 6.07) is 4.97. The highest BCUT2D eigenvalue weighted by molar-refractivity contribution is 5.77. The zero-order valence-corrected chi connectivity index (χ0v) is 15.2. The van der Waals surface area contributed by atoms with Crippen molar-refractivity contribution in [3.63, 3.8) is 0 Å². The number of hydrogen-bond acceptors (Lipinski definition) is 4. The molecule has 1 aliphatic rings. The zero-order valence-electron chi connectivity index (χ0n) is 15.2. The molecular weight excluding hydrogens is 397 g/mol. The molecule has 2 aromatic rings. The monoisotopic (exact) mass is 415 g/mol. The molecule has 156 valence electrons. The molecule has 0 spiro atoms. The number of carbonyl (C=O) groups excluding carboxylic acids is 1. The largest absolute Gasteiger partial charge is 0.481 e. The highest BCUT2D eigenvalue weighted by Gasteiger charge is 2.31. The minimum Gasteiger partial charge on any atom is -0.481 e. The number of nitrogens with one attached hydrogen (secondary N) is 1. The molecule has 0 unspecified atom stereocenters. The topological polar surface area (TPSA) is 54.5 Å². The fourth-order valence-corrected chi connectivity index (χ4v) is 3.00. The van der Waals surface area contributed by atoms with Crippen molar-refractivity contribution in [2.24, 2.45) is 0 Å². The molecule has 0 aliphatic carbocycles. The first-order chi connectivity index (χ1) is 13.7. The Hall–Kier alpha value is -2.91. The molecule has 1 aromatic heterocycles. The van der Waals surface area contributed by atoms with E-state index < -0.39 is 35.9 Å². The van der Waals surface area contributed by atoms with Crippen LogP contribution >= 0.6 is 0 Å². The molecule has 0 saturated carbocycles. The van der Waals surface area contributed by atoms with Crippen LogP contribution in [0.3, 0.4) is 0 Å². The second kappa shape index (κ2) is 8.62. The number of aromatic nitrogens is 1. The van der Waals surface area contributed by atoms with Crippen LogP contribution in [0.25, 0.3) is 0 Å². The van der Waals surface area contributed by atoms with Gasteiger partial charge in [0.25, 0.3) is 5.91 Å².